The molecule has 2 aromatic carbocycles. The second kappa shape index (κ2) is 12.3. The number of hydrogen-bond acceptors (Lipinski definition) is 7. The summed E-state index contributed by atoms with van der Waals surface area (Å²) in [6, 6.07) is 21.6. The summed E-state index contributed by atoms with van der Waals surface area (Å²) >= 11 is 0. The van der Waals surface area contributed by atoms with E-state index in [1.165, 1.54) is 7.11 Å². The van der Waals surface area contributed by atoms with Gasteiger partial charge in [-0.3, -0.25) is 19.4 Å². The molecular formula is C30H34N4O5. The van der Waals surface area contributed by atoms with Crippen molar-refractivity contribution in [2.24, 2.45) is 0 Å². The number of piperidine rings is 1. The zero-order chi connectivity index (χ0) is 27.2. The van der Waals surface area contributed by atoms with Crippen molar-refractivity contribution in [1.29, 1.82) is 0 Å². The standard InChI is InChI=1S/C30H34N4O5/c1-21-24(10-13-29(31-21)39-26-11-8-22(9-12-26)18-28(35)32-37-2)19-33-16-14-25(15-17-33)34-27(20-38-30(34)36)23-6-4-3-5-7-23/h3-13,25,27H,14-20H2,1-2H3,(H,32,35). The second-order valence-corrected chi connectivity index (χ2v) is 9.96. The average molecular weight is 531 g/mol. The summed E-state index contributed by atoms with van der Waals surface area (Å²) in [7, 11) is 1.41. The Hall–Kier alpha value is -3.95. The number of hydrogen-bond donors (Lipinski definition) is 1. The van der Waals surface area contributed by atoms with Crippen LogP contribution in [0.2, 0.25) is 0 Å². The molecule has 0 spiro atoms. The molecule has 2 amide bonds. The minimum atomic E-state index is -0.210. The van der Waals surface area contributed by atoms with Gasteiger partial charge in [0.25, 0.3) is 0 Å². The molecule has 0 aliphatic carbocycles. The van der Waals surface area contributed by atoms with Crippen LogP contribution < -0.4 is 10.2 Å². The number of carbonyl (C=O) groups is 2. The number of likely N-dealkylation sites (tertiary alicyclic amines) is 1. The van der Waals surface area contributed by atoms with Crippen molar-refractivity contribution in [3.8, 4) is 11.6 Å². The van der Waals surface area contributed by atoms with Crippen LogP contribution in [0.15, 0.2) is 66.7 Å². The Morgan fingerprint density at radius 3 is 2.49 bits per heavy atom. The SMILES string of the molecule is CONC(=O)Cc1ccc(Oc2ccc(CN3CCC(N4C(=O)OCC4c4ccccc4)CC3)c(C)n2)cc1. The lowest BCUT2D eigenvalue weighted by molar-refractivity contribution is -0.130. The molecule has 3 aromatic rings. The second-order valence-electron chi connectivity index (χ2n) is 9.96. The van der Waals surface area contributed by atoms with Gasteiger partial charge in [-0.15, -0.1) is 0 Å². The fraction of sp³-hybridized carbons (Fsp3) is 0.367. The maximum atomic E-state index is 12.6. The van der Waals surface area contributed by atoms with E-state index < -0.39 is 0 Å². The van der Waals surface area contributed by atoms with Gasteiger partial charge in [-0.25, -0.2) is 15.3 Å². The van der Waals surface area contributed by atoms with E-state index in [1.54, 1.807) is 0 Å². The number of hydroxylamine groups is 1. The summed E-state index contributed by atoms with van der Waals surface area (Å²) in [4.78, 5) is 37.9. The van der Waals surface area contributed by atoms with Crippen LogP contribution in [0.1, 0.15) is 41.3 Å². The molecule has 1 N–H and O–H groups in total. The quantitative estimate of drug-likeness (QED) is 0.406. The number of aryl methyl sites for hydroxylation is 1. The van der Waals surface area contributed by atoms with Crippen LogP contribution in [0.4, 0.5) is 4.79 Å². The fourth-order valence-electron chi connectivity index (χ4n) is 5.29. The van der Waals surface area contributed by atoms with Crippen LogP contribution in [-0.2, 0) is 27.3 Å². The van der Waals surface area contributed by atoms with Crippen LogP contribution in [0.3, 0.4) is 0 Å². The number of rotatable bonds is 9. The van der Waals surface area contributed by atoms with Crippen LogP contribution >= 0.6 is 0 Å². The van der Waals surface area contributed by atoms with Crippen molar-refractivity contribution in [1.82, 2.24) is 20.3 Å². The van der Waals surface area contributed by atoms with Crippen LogP contribution in [0.5, 0.6) is 11.6 Å². The van der Waals surface area contributed by atoms with E-state index in [2.05, 4.69) is 38.4 Å². The topological polar surface area (TPSA) is 93.2 Å². The summed E-state index contributed by atoms with van der Waals surface area (Å²) in [6.07, 6.45) is 1.85. The molecule has 39 heavy (non-hydrogen) atoms. The number of benzene rings is 2. The van der Waals surface area contributed by atoms with Crippen molar-refractivity contribution < 1.29 is 23.9 Å². The van der Waals surface area contributed by atoms with E-state index in [0.717, 1.165) is 54.9 Å². The highest BCUT2D eigenvalue weighted by atomic mass is 16.6. The van der Waals surface area contributed by atoms with E-state index >= 15 is 0 Å². The first kappa shape index (κ1) is 26.6. The average Bonchev–Trinajstić information content (AvgIpc) is 3.33. The van der Waals surface area contributed by atoms with Gasteiger partial charge >= 0.3 is 6.09 Å². The lowest BCUT2D eigenvalue weighted by atomic mass is 9.98. The molecule has 9 nitrogen and oxygen atoms in total. The van der Waals surface area contributed by atoms with Crippen LogP contribution in [-0.4, -0.2) is 59.6 Å². The Balaban J connectivity index is 1.14. The first-order chi connectivity index (χ1) is 19.0. The molecule has 0 saturated carbocycles. The largest absolute Gasteiger partial charge is 0.447 e. The highest BCUT2D eigenvalue weighted by molar-refractivity contribution is 5.77. The smallest absolute Gasteiger partial charge is 0.410 e. The molecule has 1 atom stereocenters. The molecule has 204 valence electrons. The van der Waals surface area contributed by atoms with Gasteiger partial charge in [-0.2, -0.15) is 0 Å². The van der Waals surface area contributed by atoms with Crippen molar-refractivity contribution in [3.63, 3.8) is 0 Å². The van der Waals surface area contributed by atoms with Crippen LogP contribution in [0.25, 0.3) is 0 Å². The molecule has 3 heterocycles. The normalized spacial score (nSPS) is 18.2. The number of cyclic esters (lactones) is 1. The Labute approximate surface area is 228 Å². The monoisotopic (exact) mass is 530 g/mol. The van der Waals surface area contributed by atoms with Gasteiger partial charge in [-0.1, -0.05) is 48.5 Å². The third-order valence-electron chi connectivity index (χ3n) is 7.34. The Kier molecular flexibility index (Phi) is 8.39. The van der Waals surface area contributed by atoms with E-state index in [0.29, 0.717) is 18.2 Å². The van der Waals surface area contributed by atoms with Gasteiger partial charge in [0.15, 0.2) is 0 Å². The Bertz CT molecular complexity index is 1280. The number of carbonyl (C=O) groups excluding carboxylic acids is 2. The first-order valence-corrected chi connectivity index (χ1v) is 13.3. The molecule has 2 aliphatic heterocycles. The molecule has 9 heteroatoms. The molecule has 2 aliphatic rings. The minimum Gasteiger partial charge on any atom is -0.447 e. The number of amides is 2. The maximum absolute atomic E-state index is 12.6. The highest BCUT2D eigenvalue weighted by Gasteiger charge is 2.40. The predicted octanol–water partition coefficient (Wildman–Crippen LogP) is 4.56. The van der Waals surface area contributed by atoms with Crippen molar-refractivity contribution >= 4 is 12.0 Å². The highest BCUT2D eigenvalue weighted by Crippen LogP contribution is 2.33. The number of aromatic nitrogens is 1. The third-order valence-corrected chi connectivity index (χ3v) is 7.34. The summed E-state index contributed by atoms with van der Waals surface area (Å²) in [5.74, 6) is 0.972. The van der Waals surface area contributed by atoms with Gasteiger partial charge in [0.2, 0.25) is 11.8 Å². The third kappa shape index (κ3) is 6.55. The molecule has 2 fully saturated rings. The molecule has 0 radical (unpaired) electrons. The minimum absolute atomic E-state index is 0.0133. The zero-order valence-corrected chi connectivity index (χ0v) is 22.3. The van der Waals surface area contributed by atoms with E-state index in [4.69, 9.17) is 9.47 Å². The summed E-state index contributed by atoms with van der Waals surface area (Å²) in [6.45, 7) is 5.02. The molecule has 2 saturated heterocycles. The predicted molar refractivity (Wildman–Crippen MR) is 145 cm³/mol. The fourth-order valence-corrected chi connectivity index (χ4v) is 5.29. The lowest BCUT2D eigenvalue weighted by Gasteiger charge is -2.38. The molecular weight excluding hydrogens is 496 g/mol. The maximum Gasteiger partial charge on any atom is 0.410 e. The summed E-state index contributed by atoms with van der Waals surface area (Å²) in [5, 5.41) is 0. The van der Waals surface area contributed by atoms with E-state index in [1.807, 2.05) is 60.4 Å². The van der Waals surface area contributed by atoms with E-state index in [-0.39, 0.29) is 30.5 Å². The molecule has 5 rings (SSSR count). The number of nitrogens with zero attached hydrogens (tertiary/aromatic N) is 3. The summed E-state index contributed by atoms with van der Waals surface area (Å²) in [5.41, 5.74) is 6.37. The molecule has 1 aromatic heterocycles. The van der Waals surface area contributed by atoms with Gasteiger partial charge in [0.05, 0.1) is 19.6 Å². The molecule has 1 unspecified atom stereocenters. The molecule has 0 bridgehead atoms. The number of ether oxygens (including phenoxy) is 2. The van der Waals surface area contributed by atoms with Crippen molar-refractivity contribution in [2.75, 3.05) is 26.8 Å². The van der Waals surface area contributed by atoms with Gasteiger partial charge in [0.1, 0.15) is 12.4 Å². The number of pyridine rings is 1. The Morgan fingerprint density at radius 2 is 1.79 bits per heavy atom. The lowest BCUT2D eigenvalue weighted by Crippen LogP contribution is -2.46. The summed E-state index contributed by atoms with van der Waals surface area (Å²) < 4.78 is 11.4. The number of nitrogens with one attached hydrogen (secondary N) is 1. The van der Waals surface area contributed by atoms with Crippen LogP contribution in [0, 0.1) is 6.92 Å². The van der Waals surface area contributed by atoms with Gasteiger partial charge < -0.3 is 9.47 Å². The van der Waals surface area contributed by atoms with Crippen molar-refractivity contribution in [2.45, 2.75) is 44.8 Å². The first-order valence-electron chi connectivity index (χ1n) is 13.3. The van der Waals surface area contributed by atoms with Gasteiger partial charge in [0, 0.05) is 37.4 Å². The Morgan fingerprint density at radius 1 is 1.05 bits per heavy atom. The van der Waals surface area contributed by atoms with Gasteiger partial charge in [-0.05, 0) is 48.6 Å². The zero-order valence-electron chi connectivity index (χ0n) is 22.3. The van der Waals surface area contributed by atoms with Crippen molar-refractivity contribution in [3.05, 3.63) is 89.1 Å². The van der Waals surface area contributed by atoms with E-state index in [9.17, 15) is 9.59 Å².